The highest BCUT2D eigenvalue weighted by molar-refractivity contribution is 6.27. The number of halogens is 3. The standard InChI is InChI=1S/C30H28F3N5O4/c31-30(32,33)29(10-11-29)28(42)36-12-8-19(9-13-36)37-16-17(15-34-37)14-18-4-5-22-25-20(18)2-1-3-21(25)27(41)38(22)23-6-7-24(39)35-26(23)40/h1-5,15-16,19,23H,6-14H2,(H,35,39,40)/i14D2. The molecule has 2 saturated heterocycles. The van der Waals surface area contributed by atoms with E-state index in [9.17, 15) is 32.3 Å². The molecule has 4 heterocycles. The van der Waals surface area contributed by atoms with E-state index < -0.39 is 47.6 Å². The lowest BCUT2D eigenvalue weighted by Gasteiger charge is -2.35. The third-order valence-electron chi connectivity index (χ3n) is 8.96. The van der Waals surface area contributed by atoms with Crippen LogP contribution in [0, 0.1) is 5.41 Å². The molecule has 1 saturated carbocycles. The van der Waals surface area contributed by atoms with Crippen molar-refractivity contribution < 1.29 is 35.1 Å². The molecule has 1 aromatic heterocycles. The SMILES string of the molecule is [2H]C([2H])(c1cnn(C2CCN(C(=O)C3(C(F)(F)F)CC3)CC2)c1)c1ccc2c3c(cccc13)C(=O)N2C1CCC(=O)NC1=O. The van der Waals surface area contributed by atoms with E-state index in [-0.39, 0.29) is 50.4 Å². The second-order valence-electron chi connectivity index (χ2n) is 11.4. The number of hydrogen-bond donors (Lipinski definition) is 1. The number of alkyl halides is 3. The fourth-order valence-corrected chi connectivity index (χ4v) is 6.49. The average Bonchev–Trinajstić information content (AvgIpc) is 3.58. The molecular weight excluding hydrogens is 551 g/mol. The van der Waals surface area contributed by atoms with Crippen LogP contribution in [0.2, 0.25) is 0 Å². The molecule has 0 radical (unpaired) electrons. The summed E-state index contributed by atoms with van der Waals surface area (Å²) in [5, 5.41) is 7.71. The van der Waals surface area contributed by atoms with Crippen LogP contribution in [0.15, 0.2) is 42.7 Å². The predicted octanol–water partition coefficient (Wildman–Crippen LogP) is 3.90. The van der Waals surface area contributed by atoms with Gasteiger partial charge in [-0.15, -0.1) is 0 Å². The molecule has 0 spiro atoms. The van der Waals surface area contributed by atoms with Gasteiger partial charge in [0.15, 0.2) is 0 Å². The van der Waals surface area contributed by atoms with Gasteiger partial charge in [0, 0.05) is 45.8 Å². The van der Waals surface area contributed by atoms with Crippen molar-refractivity contribution in [3.05, 3.63) is 59.4 Å². The van der Waals surface area contributed by atoms with E-state index in [0.717, 1.165) is 0 Å². The lowest BCUT2D eigenvalue weighted by atomic mass is 9.97. The largest absolute Gasteiger partial charge is 0.403 e. The number of imide groups is 1. The van der Waals surface area contributed by atoms with Crippen molar-refractivity contribution in [3.63, 3.8) is 0 Å². The minimum atomic E-state index is -4.55. The quantitative estimate of drug-likeness (QED) is 0.461. The molecule has 3 aromatic rings. The Kier molecular flexibility index (Phi) is 5.46. The fraction of sp³-hybridized carbons (Fsp3) is 0.433. The number of likely N-dealkylation sites (tertiary alicyclic amines) is 1. The molecule has 2 aromatic carbocycles. The maximum Gasteiger partial charge on any atom is 0.403 e. The number of hydrogen-bond acceptors (Lipinski definition) is 5. The van der Waals surface area contributed by atoms with Gasteiger partial charge in [-0.25, -0.2) is 0 Å². The van der Waals surface area contributed by atoms with Crippen LogP contribution >= 0.6 is 0 Å². The van der Waals surface area contributed by atoms with E-state index in [2.05, 4.69) is 10.4 Å². The van der Waals surface area contributed by atoms with Crippen LogP contribution in [0.1, 0.15) is 68.8 Å². The Labute approximate surface area is 241 Å². The van der Waals surface area contributed by atoms with E-state index >= 15 is 0 Å². The van der Waals surface area contributed by atoms with E-state index in [0.29, 0.717) is 40.4 Å². The molecule has 1 unspecified atom stereocenters. The van der Waals surface area contributed by atoms with Crippen LogP contribution in [0.4, 0.5) is 18.9 Å². The van der Waals surface area contributed by atoms with Gasteiger partial charge >= 0.3 is 6.18 Å². The van der Waals surface area contributed by atoms with Gasteiger partial charge < -0.3 is 4.90 Å². The van der Waals surface area contributed by atoms with E-state index in [1.54, 1.807) is 41.2 Å². The number of carbonyl (C=O) groups excluding carboxylic acids is 4. The van der Waals surface area contributed by atoms with Gasteiger partial charge in [-0.3, -0.25) is 34.1 Å². The number of nitrogens with zero attached hydrogens (tertiary/aromatic N) is 4. The zero-order chi connectivity index (χ0) is 31.2. The number of carbonyl (C=O) groups is 4. The molecule has 1 aliphatic carbocycles. The molecule has 218 valence electrons. The molecule has 3 aliphatic heterocycles. The third-order valence-corrected chi connectivity index (χ3v) is 8.96. The Hall–Kier alpha value is -4.22. The molecule has 9 nitrogen and oxygen atoms in total. The van der Waals surface area contributed by atoms with Gasteiger partial charge in [-0.05, 0) is 60.7 Å². The maximum atomic E-state index is 13.5. The topological polar surface area (TPSA) is 105 Å². The molecule has 7 rings (SSSR count). The first-order chi connectivity index (χ1) is 20.8. The summed E-state index contributed by atoms with van der Waals surface area (Å²) >= 11 is 0. The lowest BCUT2D eigenvalue weighted by molar-refractivity contribution is -0.199. The van der Waals surface area contributed by atoms with Crippen molar-refractivity contribution >= 4 is 40.1 Å². The second-order valence-corrected chi connectivity index (χ2v) is 11.4. The highest BCUT2D eigenvalue weighted by Gasteiger charge is 2.69. The first-order valence-electron chi connectivity index (χ1n) is 15.0. The van der Waals surface area contributed by atoms with Gasteiger partial charge in [-0.1, -0.05) is 18.2 Å². The molecule has 1 N–H and O–H groups in total. The Morgan fingerprint density at radius 1 is 1.10 bits per heavy atom. The summed E-state index contributed by atoms with van der Waals surface area (Å²) in [4.78, 5) is 53.1. The van der Waals surface area contributed by atoms with Crippen LogP contribution in [0.3, 0.4) is 0 Å². The first kappa shape index (κ1) is 24.4. The highest BCUT2D eigenvalue weighted by atomic mass is 19.4. The maximum absolute atomic E-state index is 13.5. The number of benzene rings is 2. The summed E-state index contributed by atoms with van der Waals surface area (Å²) in [7, 11) is 0. The molecule has 12 heteroatoms. The normalized spacial score (nSPS) is 23.2. The molecule has 4 aliphatic rings. The van der Waals surface area contributed by atoms with Crippen LogP contribution in [0.5, 0.6) is 0 Å². The summed E-state index contributed by atoms with van der Waals surface area (Å²) in [5.41, 5.74) is -0.854. The molecule has 4 amide bonds. The van der Waals surface area contributed by atoms with Crippen LogP contribution in [-0.4, -0.2) is 63.6 Å². The number of rotatable bonds is 5. The van der Waals surface area contributed by atoms with Crippen molar-refractivity contribution in [2.45, 2.75) is 63.2 Å². The van der Waals surface area contributed by atoms with Crippen molar-refractivity contribution in [3.8, 4) is 0 Å². The van der Waals surface area contributed by atoms with E-state index in [4.69, 9.17) is 2.74 Å². The minimum Gasteiger partial charge on any atom is -0.342 e. The average molecular weight is 582 g/mol. The fourth-order valence-electron chi connectivity index (χ4n) is 6.49. The summed E-state index contributed by atoms with van der Waals surface area (Å²) in [6.07, 6.45) is -2.86. The zero-order valence-electron chi connectivity index (χ0n) is 24.4. The number of piperidine rings is 2. The molecular formula is C30H28F3N5O4. The van der Waals surface area contributed by atoms with Crippen molar-refractivity contribution in [2.75, 3.05) is 18.0 Å². The molecule has 3 fully saturated rings. The highest BCUT2D eigenvalue weighted by Crippen LogP contribution is 2.58. The predicted molar refractivity (Wildman–Crippen MR) is 145 cm³/mol. The second kappa shape index (κ2) is 9.40. The van der Waals surface area contributed by atoms with Gasteiger partial charge in [0.1, 0.15) is 11.5 Å². The Morgan fingerprint density at radius 2 is 1.86 bits per heavy atom. The number of nitrogens with one attached hydrogen (secondary N) is 1. The smallest absolute Gasteiger partial charge is 0.342 e. The summed E-state index contributed by atoms with van der Waals surface area (Å²) in [6, 6.07) is 7.16. The van der Waals surface area contributed by atoms with Crippen LogP contribution in [0.25, 0.3) is 10.8 Å². The van der Waals surface area contributed by atoms with Gasteiger partial charge in [0.2, 0.25) is 17.7 Å². The summed E-state index contributed by atoms with van der Waals surface area (Å²) in [6.45, 7) is 0.325. The van der Waals surface area contributed by atoms with Gasteiger partial charge in [0.05, 0.1) is 17.9 Å². The van der Waals surface area contributed by atoms with Crippen LogP contribution < -0.4 is 10.2 Å². The van der Waals surface area contributed by atoms with Crippen molar-refractivity contribution in [1.82, 2.24) is 20.0 Å². The van der Waals surface area contributed by atoms with E-state index in [1.165, 1.54) is 16.0 Å². The lowest BCUT2D eigenvalue weighted by Crippen LogP contribution is -2.53. The number of aromatic nitrogens is 2. The number of anilines is 1. The molecule has 1 atom stereocenters. The monoisotopic (exact) mass is 581 g/mol. The third kappa shape index (κ3) is 4.10. The summed E-state index contributed by atoms with van der Waals surface area (Å²) in [5.74, 6) is -2.19. The molecule has 42 heavy (non-hydrogen) atoms. The van der Waals surface area contributed by atoms with Gasteiger partial charge in [-0.2, -0.15) is 18.3 Å². The summed E-state index contributed by atoms with van der Waals surface area (Å²) < 4.78 is 60.2. The van der Waals surface area contributed by atoms with E-state index in [1.807, 2.05) is 0 Å². The Bertz CT molecular complexity index is 1740. The molecule has 0 bridgehead atoms. The zero-order valence-corrected chi connectivity index (χ0v) is 22.4. The Morgan fingerprint density at radius 3 is 2.55 bits per heavy atom. The van der Waals surface area contributed by atoms with Gasteiger partial charge in [0.25, 0.3) is 5.91 Å². The van der Waals surface area contributed by atoms with Crippen molar-refractivity contribution in [2.24, 2.45) is 5.41 Å². The van der Waals surface area contributed by atoms with Crippen LogP contribution in [-0.2, 0) is 20.8 Å². The Balaban J connectivity index is 1.13. The first-order valence-corrected chi connectivity index (χ1v) is 14.0. The van der Waals surface area contributed by atoms with Crippen molar-refractivity contribution in [1.29, 1.82) is 0 Å². The number of amides is 4. The minimum absolute atomic E-state index is 0.105.